The van der Waals surface area contributed by atoms with E-state index in [1.807, 2.05) is 6.07 Å². The van der Waals surface area contributed by atoms with E-state index in [2.05, 4.69) is 15.1 Å². The molecule has 1 N–H and O–H groups in total. The van der Waals surface area contributed by atoms with E-state index in [0.29, 0.717) is 11.4 Å². The topological polar surface area (TPSA) is 78.5 Å². The largest absolute Gasteiger partial charge is 0.389 e. The number of H-pyrrole nitrogens is 1. The normalized spacial score (nSPS) is 11.4. The standard InChI is InChI=1S/C10H7F3N4O/c11-10(12,13)4-3-8-16-9(18-17-8)7-2-1-6(5-14)15-7/h1-2,15H,3-4H2. The molecule has 0 bridgehead atoms. The first kappa shape index (κ1) is 12.2. The highest BCUT2D eigenvalue weighted by Crippen LogP contribution is 2.22. The summed E-state index contributed by atoms with van der Waals surface area (Å²) in [7, 11) is 0. The van der Waals surface area contributed by atoms with Gasteiger partial charge in [0.2, 0.25) is 0 Å². The molecule has 0 radical (unpaired) electrons. The van der Waals surface area contributed by atoms with Crippen molar-refractivity contribution in [2.24, 2.45) is 0 Å². The third-order valence-corrected chi connectivity index (χ3v) is 2.14. The SMILES string of the molecule is N#Cc1ccc(-c2nc(CCC(F)(F)F)no2)[nH]1. The highest BCUT2D eigenvalue weighted by atomic mass is 19.4. The van der Waals surface area contributed by atoms with Crippen LogP contribution in [0.5, 0.6) is 0 Å². The zero-order valence-electron chi connectivity index (χ0n) is 8.95. The smallest absolute Gasteiger partial charge is 0.342 e. The molecule has 2 rings (SSSR count). The predicted octanol–water partition coefficient (Wildman–Crippen LogP) is 2.43. The summed E-state index contributed by atoms with van der Waals surface area (Å²) in [6.07, 6.45) is -5.58. The van der Waals surface area contributed by atoms with Crippen molar-refractivity contribution in [2.45, 2.75) is 19.0 Å². The Morgan fingerprint density at radius 1 is 1.39 bits per heavy atom. The predicted molar refractivity (Wildman–Crippen MR) is 53.2 cm³/mol. The Morgan fingerprint density at radius 2 is 2.17 bits per heavy atom. The summed E-state index contributed by atoms with van der Waals surface area (Å²) in [4.78, 5) is 6.50. The van der Waals surface area contributed by atoms with Crippen LogP contribution < -0.4 is 0 Å². The van der Waals surface area contributed by atoms with Crippen molar-refractivity contribution in [1.82, 2.24) is 15.1 Å². The van der Waals surface area contributed by atoms with Gasteiger partial charge in [0.25, 0.3) is 5.89 Å². The molecular weight excluding hydrogens is 249 g/mol. The first-order chi connectivity index (χ1) is 8.48. The molecule has 8 heteroatoms. The summed E-state index contributed by atoms with van der Waals surface area (Å²) >= 11 is 0. The third-order valence-electron chi connectivity index (χ3n) is 2.14. The molecule has 0 saturated heterocycles. The Morgan fingerprint density at radius 3 is 2.78 bits per heavy atom. The maximum Gasteiger partial charge on any atom is 0.389 e. The molecule has 2 heterocycles. The second-order valence-corrected chi connectivity index (χ2v) is 3.53. The minimum Gasteiger partial charge on any atom is -0.342 e. The van der Waals surface area contributed by atoms with Gasteiger partial charge in [-0.3, -0.25) is 0 Å². The molecule has 0 amide bonds. The van der Waals surface area contributed by atoms with Crippen LogP contribution in [0.4, 0.5) is 13.2 Å². The number of rotatable bonds is 3. The Balaban J connectivity index is 2.09. The minimum absolute atomic E-state index is 0.0181. The maximum absolute atomic E-state index is 12.0. The molecule has 5 nitrogen and oxygen atoms in total. The zero-order valence-corrected chi connectivity index (χ0v) is 8.95. The average molecular weight is 256 g/mol. The van der Waals surface area contributed by atoms with Gasteiger partial charge in [-0.05, 0) is 12.1 Å². The fourth-order valence-electron chi connectivity index (χ4n) is 1.30. The van der Waals surface area contributed by atoms with E-state index in [4.69, 9.17) is 9.78 Å². The molecule has 0 unspecified atom stereocenters. The van der Waals surface area contributed by atoms with Crippen LogP contribution in [0.15, 0.2) is 16.7 Å². The molecule has 0 aliphatic rings. The van der Waals surface area contributed by atoms with E-state index < -0.39 is 12.6 Å². The van der Waals surface area contributed by atoms with Crippen LogP contribution in [0.2, 0.25) is 0 Å². The summed E-state index contributed by atoms with van der Waals surface area (Å²) in [5.74, 6) is 0.0455. The van der Waals surface area contributed by atoms with Gasteiger partial charge in [0.1, 0.15) is 17.5 Å². The summed E-state index contributed by atoms with van der Waals surface area (Å²) in [5, 5.41) is 12.0. The quantitative estimate of drug-likeness (QED) is 0.914. The van der Waals surface area contributed by atoms with Crippen LogP contribution in [0.3, 0.4) is 0 Å². The van der Waals surface area contributed by atoms with Gasteiger partial charge in [0, 0.05) is 6.42 Å². The van der Waals surface area contributed by atoms with Crippen molar-refractivity contribution in [3.05, 3.63) is 23.7 Å². The summed E-state index contributed by atoms with van der Waals surface area (Å²) in [5.41, 5.74) is 0.706. The zero-order chi connectivity index (χ0) is 13.2. The fraction of sp³-hybridized carbons (Fsp3) is 0.300. The number of halogens is 3. The molecule has 2 aromatic rings. The molecular formula is C10H7F3N4O. The molecule has 0 spiro atoms. The fourth-order valence-corrected chi connectivity index (χ4v) is 1.30. The second kappa shape index (κ2) is 4.52. The van der Waals surface area contributed by atoms with Crippen molar-refractivity contribution < 1.29 is 17.7 Å². The number of nitrogens with zero attached hydrogens (tertiary/aromatic N) is 3. The van der Waals surface area contributed by atoms with Crippen LogP contribution in [0, 0.1) is 11.3 Å². The lowest BCUT2D eigenvalue weighted by Crippen LogP contribution is -2.09. The van der Waals surface area contributed by atoms with Crippen molar-refractivity contribution in [3.8, 4) is 17.7 Å². The number of aromatic nitrogens is 3. The van der Waals surface area contributed by atoms with E-state index in [1.54, 1.807) is 6.07 Å². The van der Waals surface area contributed by atoms with Crippen molar-refractivity contribution in [3.63, 3.8) is 0 Å². The number of aromatic amines is 1. The number of aryl methyl sites for hydroxylation is 1. The first-order valence-corrected chi connectivity index (χ1v) is 4.97. The molecule has 0 aromatic carbocycles. The van der Waals surface area contributed by atoms with Crippen LogP contribution in [0.1, 0.15) is 17.9 Å². The van der Waals surface area contributed by atoms with Gasteiger partial charge < -0.3 is 9.51 Å². The molecule has 0 fully saturated rings. The molecule has 0 saturated carbocycles. The lowest BCUT2D eigenvalue weighted by molar-refractivity contribution is -0.134. The first-order valence-electron chi connectivity index (χ1n) is 4.97. The van der Waals surface area contributed by atoms with Crippen molar-refractivity contribution in [2.75, 3.05) is 0 Å². The van der Waals surface area contributed by atoms with Gasteiger partial charge in [0.15, 0.2) is 5.82 Å². The van der Waals surface area contributed by atoms with Gasteiger partial charge in [-0.1, -0.05) is 5.16 Å². The van der Waals surface area contributed by atoms with E-state index >= 15 is 0 Å². The van der Waals surface area contributed by atoms with E-state index in [9.17, 15) is 13.2 Å². The lowest BCUT2D eigenvalue weighted by atomic mass is 10.3. The monoisotopic (exact) mass is 256 g/mol. The van der Waals surface area contributed by atoms with Crippen molar-refractivity contribution in [1.29, 1.82) is 5.26 Å². The number of alkyl halides is 3. The minimum atomic E-state index is -4.25. The van der Waals surface area contributed by atoms with E-state index in [-0.39, 0.29) is 18.1 Å². The van der Waals surface area contributed by atoms with Crippen LogP contribution in [-0.4, -0.2) is 21.3 Å². The van der Waals surface area contributed by atoms with Gasteiger partial charge in [0.05, 0.1) is 6.42 Å². The van der Waals surface area contributed by atoms with Crippen LogP contribution in [0.25, 0.3) is 11.6 Å². The molecule has 0 atom stereocenters. The van der Waals surface area contributed by atoms with Gasteiger partial charge in [-0.2, -0.15) is 23.4 Å². The highest BCUT2D eigenvalue weighted by Gasteiger charge is 2.27. The Bertz CT molecular complexity index is 578. The molecule has 0 aliphatic heterocycles. The average Bonchev–Trinajstić information content (AvgIpc) is 2.94. The van der Waals surface area contributed by atoms with Gasteiger partial charge in [-0.25, -0.2) is 0 Å². The van der Waals surface area contributed by atoms with Gasteiger partial charge in [-0.15, -0.1) is 0 Å². The van der Waals surface area contributed by atoms with Crippen LogP contribution >= 0.6 is 0 Å². The number of nitriles is 1. The Hall–Kier alpha value is -2.30. The Kier molecular flexibility index (Phi) is 3.06. The Labute approximate surface area is 99.2 Å². The summed E-state index contributed by atoms with van der Waals surface area (Å²) in [6.45, 7) is 0. The van der Waals surface area contributed by atoms with Gasteiger partial charge >= 0.3 is 6.18 Å². The molecule has 18 heavy (non-hydrogen) atoms. The number of hydrogen-bond donors (Lipinski definition) is 1. The maximum atomic E-state index is 12.0. The lowest BCUT2D eigenvalue weighted by Gasteiger charge is -2.01. The highest BCUT2D eigenvalue weighted by molar-refractivity contribution is 5.49. The van der Waals surface area contributed by atoms with E-state index in [1.165, 1.54) is 6.07 Å². The molecule has 94 valence electrons. The third kappa shape index (κ3) is 2.88. The van der Waals surface area contributed by atoms with Crippen LogP contribution in [-0.2, 0) is 6.42 Å². The molecule has 2 aromatic heterocycles. The summed E-state index contributed by atoms with van der Waals surface area (Å²) in [6, 6.07) is 4.92. The number of nitrogens with one attached hydrogen (secondary N) is 1. The number of hydrogen-bond acceptors (Lipinski definition) is 4. The van der Waals surface area contributed by atoms with E-state index in [0.717, 1.165) is 0 Å². The van der Waals surface area contributed by atoms with Crippen molar-refractivity contribution >= 4 is 0 Å². The summed E-state index contributed by atoms with van der Waals surface area (Å²) < 4.78 is 40.8. The second-order valence-electron chi connectivity index (χ2n) is 3.53. The molecule has 0 aliphatic carbocycles.